The van der Waals surface area contributed by atoms with Crippen molar-refractivity contribution in [3.8, 4) is 0 Å². The Bertz CT molecular complexity index is 18.8. The molecule has 0 spiro atoms. The number of allylic oxidation sites excluding steroid dienone is 2. The fraction of sp³-hybridized carbons (Fsp3) is 0.500. The first kappa shape index (κ1) is 9.28. The van der Waals surface area contributed by atoms with Crippen LogP contribution in [0.2, 0.25) is 0 Å². The molecule has 27 valence electrons. The van der Waals surface area contributed by atoms with Crippen LogP contribution < -0.4 is 0 Å². The van der Waals surface area contributed by atoms with Crippen LogP contribution in [0.5, 0.6) is 0 Å². The second-order valence-corrected chi connectivity index (χ2v) is 0.667. The van der Waals surface area contributed by atoms with Crippen molar-refractivity contribution in [2.24, 2.45) is 0 Å². The molecule has 0 aliphatic rings. The SMILES string of the molecule is C/C=C\C.[Y]. The maximum absolute atomic E-state index is 2.00. The molecule has 0 aromatic carbocycles. The third-order valence-corrected chi connectivity index (χ3v) is 0.333. The molecule has 0 aliphatic heterocycles. The fourth-order valence-electron chi connectivity index (χ4n) is 0. The minimum atomic E-state index is 0. The van der Waals surface area contributed by atoms with Crippen LogP contribution in [0.4, 0.5) is 0 Å². The molecule has 1 radical (unpaired) electrons. The normalized spacial score (nSPS) is 7.60. The molecule has 0 saturated carbocycles. The standard InChI is InChI=1S/C4H8.Y/c1-3-4-2;/h3-4H,1-2H3;/b4-3-;. The van der Waals surface area contributed by atoms with E-state index in [0.29, 0.717) is 0 Å². The van der Waals surface area contributed by atoms with Crippen LogP contribution in [0.3, 0.4) is 0 Å². The van der Waals surface area contributed by atoms with Crippen molar-refractivity contribution in [3.63, 3.8) is 0 Å². The number of rotatable bonds is 0. The molecule has 0 rings (SSSR count). The minimum Gasteiger partial charge on any atom is -0.0919 e. The van der Waals surface area contributed by atoms with E-state index >= 15 is 0 Å². The van der Waals surface area contributed by atoms with Crippen molar-refractivity contribution in [2.45, 2.75) is 13.8 Å². The molecule has 0 saturated heterocycles. The Morgan fingerprint density at radius 3 is 1.20 bits per heavy atom. The van der Waals surface area contributed by atoms with E-state index in [0.717, 1.165) is 0 Å². The van der Waals surface area contributed by atoms with Gasteiger partial charge in [0.05, 0.1) is 0 Å². The van der Waals surface area contributed by atoms with Gasteiger partial charge in [-0.3, -0.25) is 0 Å². The molecule has 0 unspecified atom stereocenters. The van der Waals surface area contributed by atoms with Gasteiger partial charge in [-0.1, -0.05) is 12.2 Å². The van der Waals surface area contributed by atoms with E-state index in [2.05, 4.69) is 0 Å². The Labute approximate surface area is 58.5 Å². The Morgan fingerprint density at radius 1 is 1.00 bits per heavy atom. The molecular formula is C4H8Y. The van der Waals surface area contributed by atoms with E-state index in [1.807, 2.05) is 26.0 Å². The summed E-state index contributed by atoms with van der Waals surface area (Å²) < 4.78 is 0. The Kier molecular flexibility index (Phi) is 16.4. The summed E-state index contributed by atoms with van der Waals surface area (Å²) in [5.41, 5.74) is 0. The van der Waals surface area contributed by atoms with Gasteiger partial charge in [-0.05, 0) is 13.8 Å². The molecule has 0 amide bonds. The van der Waals surface area contributed by atoms with Crippen LogP contribution in [0.1, 0.15) is 13.8 Å². The van der Waals surface area contributed by atoms with Crippen LogP contribution in [0, 0.1) is 0 Å². The summed E-state index contributed by atoms with van der Waals surface area (Å²) in [5.74, 6) is 0. The fourth-order valence-corrected chi connectivity index (χ4v) is 0. The van der Waals surface area contributed by atoms with E-state index < -0.39 is 0 Å². The molecule has 5 heavy (non-hydrogen) atoms. The molecule has 0 fully saturated rings. The van der Waals surface area contributed by atoms with Crippen molar-refractivity contribution < 1.29 is 32.7 Å². The summed E-state index contributed by atoms with van der Waals surface area (Å²) in [6.45, 7) is 4.00. The average molecular weight is 145 g/mol. The van der Waals surface area contributed by atoms with Gasteiger partial charge in [0.25, 0.3) is 0 Å². The topological polar surface area (TPSA) is 0 Å². The van der Waals surface area contributed by atoms with Crippen LogP contribution in [-0.4, -0.2) is 0 Å². The average Bonchev–Trinajstić information content (AvgIpc) is 1.37. The third-order valence-electron chi connectivity index (χ3n) is 0.333. The molecule has 0 atom stereocenters. The van der Waals surface area contributed by atoms with Gasteiger partial charge in [-0.25, -0.2) is 0 Å². The van der Waals surface area contributed by atoms with Gasteiger partial charge < -0.3 is 0 Å². The van der Waals surface area contributed by atoms with Crippen molar-refractivity contribution in [2.75, 3.05) is 0 Å². The molecule has 0 aromatic rings. The van der Waals surface area contributed by atoms with E-state index in [1.54, 1.807) is 0 Å². The molecule has 0 aromatic heterocycles. The largest absolute Gasteiger partial charge is 0.0919 e. The summed E-state index contributed by atoms with van der Waals surface area (Å²) in [4.78, 5) is 0. The monoisotopic (exact) mass is 145 g/mol. The molecule has 0 bridgehead atoms. The van der Waals surface area contributed by atoms with Crippen molar-refractivity contribution in [1.29, 1.82) is 0 Å². The number of hydrogen-bond acceptors (Lipinski definition) is 0. The summed E-state index contributed by atoms with van der Waals surface area (Å²) in [5, 5.41) is 0. The summed E-state index contributed by atoms with van der Waals surface area (Å²) >= 11 is 0. The van der Waals surface area contributed by atoms with Crippen LogP contribution in [-0.2, 0) is 32.7 Å². The van der Waals surface area contributed by atoms with E-state index in [-0.39, 0.29) is 32.7 Å². The quantitative estimate of drug-likeness (QED) is 0.454. The van der Waals surface area contributed by atoms with E-state index in [1.165, 1.54) is 0 Å². The number of hydrogen-bond donors (Lipinski definition) is 0. The van der Waals surface area contributed by atoms with Crippen molar-refractivity contribution >= 4 is 0 Å². The minimum absolute atomic E-state index is 0. The first-order valence-corrected chi connectivity index (χ1v) is 1.49. The van der Waals surface area contributed by atoms with Gasteiger partial charge in [-0.15, -0.1) is 0 Å². The van der Waals surface area contributed by atoms with Crippen molar-refractivity contribution in [1.82, 2.24) is 0 Å². The summed E-state index contributed by atoms with van der Waals surface area (Å²) in [6.07, 6.45) is 4.00. The summed E-state index contributed by atoms with van der Waals surface area (Å²) in [6, 6.07) is 0. The third kappa shape index (κ3) is 11.5. The Morgan fingerprint density at radius 2 is 1.20 bits per heavy atom. The van der Waals surface area contributed by atoms with Gasteiger partial charge in [0, 0.05) is 32.7 Å². The first-order chi connectivity index (χ1) is 1.91. The zero-order valence-electron chi connectivity index (χ0n) is 3.73. The van der Waals surface area contributed by atoms with Gasteiger partial charge >= 0.3 is 0 Å². The van der Waals surface area contributed by atoms with Crippen LogP contribution in [0.25, 0.3) is 0 Å². The second kappa shape index (κ2) is 8.85. The van der Waals surface area contributed by atoms with Gasteiger partial charge in [0.15, 0.2) is 0 Å². The van der Waals surface area contributed by atoms with Gasteiger partial charge in [-0.2, -0.15) is 0 Å². The zero-order chi connectivity index (χ0) is 3.41. The second-order valence-electron chi connectivity index (χ2n) is 0.667. The van der Waals surface area contributed by atoms with Gasteiger partial charge in [0.2, 0.25) is 0 Å². The van der Waals surface area contributed by atoms with Crippen LogP contribution in [0.15, 0.2) is 12.2 Å². The molecule has 0 nitrogen and oxygen atoms in total. The molecule has 0 aliphatic carbocycles. The van der Waals surface area contributed by atoms with Gasteiger partial charge in [0.1, 0.15) is 0 Å². The Balaban J connectivity index is 0. The maximum Gasteiger partial charge on any atom is 0 e. The predicted molar refractivity (Wildman–Crippen MR) is 20.5 cm³/mol. The molecule has 1 heteroatoms. The smallest absolute Gasteiger partial charge is 0 e. The van der Waals surface area contributed by atoms with E-state index in [9.17, 15) is 0 Å². The molecule has 0 N–H and O–H groups in total. The van der Waals surface area contributed by atoms with E-state index in [4.69, 9.17) is 0 Å². The molecular weight excluding hydrogens is 137 g/mol. The molecule has 0 heterocycles. The van der Waals surface area contributed by atoms with Crippen molar-refractivity contribution in [3.05, 3.63) is 12.2 Å². The first-order valence-electron chi connectivity index (χ1n) is 1.49. The zero-order valence-corrected chi connectivity index (χ0v) is 6.57. The maximum atomic E-state index is 2.00. The summed E-state index contributed by atoms with van der Waals surface area (Å²) in [7, 11) is 0. The Hall–Kier alpha value is 0.844. The van der Waals surface area contributed by atoms with Crippen LogP contribution >= 0.6 is 0 Å². The predicted octanol–water partition coefficient (Wildman–Crippen LogP) is 1.58.